The van der Waals surface area contributed by atoms with Crippen molar-refractivity contribution in [3.8, 4) is 11.5 Å². The topological polar surface area (TPSA) is 59.5 Å². The molecule has 0 atom stereocenters. The van der Waals surface area contributed by atoms with Crippen LogP contribution in [0.15, 0.2) is 66.4 Å². The van der Waals surface area contributed by atoms with Gasteiger partial charge in [0.15, 0.2) is 11.6 Å². The van der Waals surface area contributed by atoms with E-state index in [1.165, 1.54) is 5.57 Å². The standard InChI is InChI=1S/C22H22N4O2/c1-15-7-6-12-26(14-15)22-21(23-17-8-4-5-9-18(17)25-22)24-19-13-16(27-2)10-11-20(19)28-3/h4-13H,14H2,1-3H3,(H,23,24). The Morgan fingerprint density at radius 2 is 1.79 bits per heavy atom. The lowest BCUT2D eigenvalue weighted by Crippen LogP contribution is -2.23. The molecule has 0 amide bonds. The Labute approximate surface area is 164 Å². The largest absolute Gasteiger partial charge is 0.497 e. The van der Waals surface area contributed by atoms with Crippen molar-refractivity contribution < 1.29 is 9.47 Å². The number of benzene rings is 2. The van der Waals surface area contributed by atoms with Gasteiger partial charge in [0, 0.05) is 18.8 Å². The summed E-state index contributed by atoms with van der Waals surface area (Å²) in [6.07, 6.45) is 6.13. The summed E-state index contributed by atoms with van der Waals surface area (Å²) in [7, 11) is 3.28. The SMILES string of the molecule is COc1ccc(OC)c(Nc2nc3ccccc3nc2N2C=CC=C(C)C2)c1. The normalized spacial score (nSPS) is 13.4. The highest BCUT2D eigenvalue weighted by molar-refractivity contribution is 5.83. The van der Waals surface area contributed by atoms with Gasteiger partial charge in [0.1, 0.15) is 11.5 Å². The van der Waals surface area contributed by atoms with Gasteiger partial charge in [-0.2, -0.15) is 0 Å². The first-order chi connectivity index (χ1) is 13.7. The minimum Gasteiger partial charge on any atom is -0.497 e. The van der Waals surface area contributed by atoms with E-state index in [9.17, 15) is 0 Å². The van der Waals surface area contributed by atoms with Gasteiger partial charge in [-0.3, -0.25) is 0 Å². The van der Waals surface area contributed by atoms with Gasteiger partial charge < -0.3 is 19.7 Å². The lowest BCUT2D eigenvalue weighted by molar-refractivity contribution is 0.405. The number of nitrogens with zero attached hydrogens (tertiary/aromatic N) is 3. The fourth-order valence-electron chi connectivity index (χ4n) is 3.14. The van der Waals surface area contributed by atoms with Crippen molar-refractivity contribution in [3.63, 3.8) is 0 Å². The van der Waals surface area contributed by atoms with E-state index in [4.69, 9.17) is 19.4 Å². The molecule has 0 saturated carbocycles. The van der Waals surface area contributed by atoms with Crippen molar-refractivity contribution in [2.45, 2.75) is 6.92 Å². The Hall–Kier alpha value is -3.54. The highest BCUT2D eigenvalue weighted by Crippen LogP contribution is 2.35. The second-order valence-electron chi connectivity index (χ2n) is 6.56. The van der Waals surface area contributed by atoms with E-state index < -0.39 is 0 Å². The monoisotopic (exact) mass is 374 g/mol. The van der Waals surface area contributed by atoms with Crippen LogP contribution < -0.4 is 19.7 Å². The molecule has 28 heavy (non-hydrogen) atoms. The number of ether oxygens (including phenoxy) is 2. The molecule has 2 heterocycles. The molecule has 142 valence electrons. The fraction of sp³-hybridized carbons (Fsp3) is 0.182. The Bertz CT molecular complexity index is 1080. The van der Waals surface area contributed by atoms with Crippen molar-refractivity contribution >= 4 is 28.4 Å². The average molecular weight is 374 g/mol. The quantitative estimate of drug-likeness (QED) is 0.700. The summed E-state index contributed by atoms with van der Waals surface area (Å²) in [6, 6.07) is 13.5. The zero-order valence-corrected chi connectivity index (χ0v) is 16.1. The molecule has 6 nitrogen and oxygen atoms in total. The molecule has 0 bridgehead atoms. The van der Waals surface area contributed by atoms with E-state index in [0.29, 0.717) is 11.6 Å². The maximum Gasteiger partial charge on any atom is 0.177 e. The lowest BCUT2D eigenvalue weighted by atomic mass is 10.2. The predicted octanol–water partition coefficient (Wildman–Crippen LogP) is 4.67. The summed E-state index contributed by atoms with van der Waals surface area (Å²) in [5.74, 6) is 2.85. The van der Waals surface area contributed by atoms with Crippen molar-refractivity contribution in [1.29, 1.82) is 0 Å². The summed E-state index contributed by atoms with van der Waals surface area (Å²) in [5, 5.41) is 3.40. The van der Waals surface area contributed by atoms with E-state index in [0.717, 1.165) is 34.8 Å². The minimum atomic E-state index is 0.657. The molecule has 1 N–H and O–H groups in total. The third-order valence-electron chi connectivity index (χ3n) is 4.55. The van der Waals surface area contributed by atoms with Crippen LogP contribution in [-0.2, 0) is 0 Å². The summed E-state index contributed by atoms with van der Waals surface area (Å²) in [5.41, 5.74) is 3.69. The molecule has 1 aliphatic rings. The summed E-state index contributed by atoms with van der Waals surface area (Å²) >= 11 is 0. The van der Waals surface area contributed by atoms with Crippen molar-refractivity contribution in [2.75, 3.05) is 31.0 Å². The smallest absolute Gasteiger partial charge is 0.177 e. The van der Waals surface area contributed by atoms with Gasteiger partial charge in [-0.1, -0.05) is 23.8 Å². The maximum atomic E-state index is 5.50. The molecular weight excluding hydrogens is 352 g/mol. The molecule has 0 aliphatic carbocycles. The highest BCUT2D eigenvalue weighted by atomic mass is 16.5. The van der Waals surface area contributed by atoms with Crippen LogP contribution in [0.25, 0.3) is 11.0 Å². The molecule has 3 aromatic rings. The third kappa shape index (κ3) is 3.49. The van der Waals surface area contributed by atoms with E-state index in [1.807, 2.05) is 54.7 Å². The number of rotatable bonds is 5. The second kappa shape index (κ2) is 7.60. The Morgan fingerprint density at radius 1 is 1.00 bits per heavy atom. The van der Waals surface area contributed by atoms with Crippen LogP contribution in [0.4, 0.5) is 17.3 Å². The fourth-order valence-corrected chi connectivity index (χ4v) is 3.14. The molecule has 4 rings (SSSR count). The molecule has 6 heteroatoms. The zero-order chi connectivity index (χ0) is 19.5. The van der Waals surface area contributed by atoms with Gasteiger partial charge in [-0.05, 0) is 37.3 Å². The number of fused-ring (bicyclic) bond motifs is 1. The molecule has 1 aliphatic heterocycles. The summed E-state index contributed by atoms with van der Waals surface area (Å²) in [6.45, 7) is 2.86. The third-order valence-corrected chi connectivity index (χ3v) is 4.55. The number of aromatic nitrogens is 2. The number of hydrogen-bond donors (Lipinski definition) is 1. The van der Waals surface area contributed by atoms with E-state index in [-0.39, 0.29) is 0 Å². The lowest BCUT2D eigenvalue weighted by Gasteiger charge is -2.25. The van der Waals surface area contributed by atoms with Gasteiger partial charge in [-0.15, -0.1) is 0 Å². The van der Waals surface area contributed by atoms with Crippen molar-refractivity contribution in [2.24, 2.45) is 0 Å². The van der Waals surface area contributed by atoms with E-state index >= 15 is 0 Å². The van der Waals surface area contributed by atoms with Crippen LogP contribution >= 0.6 is 0 Å². The molecule has 0 unspecified atom stereocenters. The van der Waals surface area contributed by atoms with Gasteiger partial charge in [-0.25, -0.2) is 9.97 Å². The number of hydrogen-bond acceptors (Lipinski definition) is 6. The number of anilines is 3. The van der Waals surface area contributed by atoms with Gasteiger partial charge in [0.05, 0.1) is 30.9 Å². The number of para-hydroxylation sites is 2. The summed E-state index contributed by atoms with van der Waals surface area (Å²) < 4.78 is 10.9. The number of allylic oxidation sites excluding steroid dienone is 2. The first-order valence-electron chi connectivity index (χ1n) is 9.04. The molecule has 0 radical (unpaired) electrons. The van der Waals surface area contributed by atoms with Crippen molar-refractivity contribution in [1.82, 2.24) is 9.97 Å². The first kappa shape index (κ1) is 17.9. The number of methoxy groups -OCH3 is 2. The van der Waals surface area contributed by atoms with E-state index in [2.05, 4.69) is 23.2 Å². The highest BCUT2D eigenvalue weighted by Gasteiger charge is 2.18. The van der Waals surface area contributed by atoms with Crippen LogP contribution in [0, 0.1) is 0 Å². The Kier molecular flexibility index (Phi) is 4.85. The van der Waals surface area contributed by atoms with Crippen LogP contribution in [-0.4, -0.2) is 30.7 Å². The predicted molar refractivity (Wildman–Crippen MR) is 113 cm³/mol. The molecule has 1 aromatic heterocycles. The van der Waals surface area contributed by atoms with Gasteiger partial charge in [0.25, 0.3) is 0 Å². The molecule has 0 spiro atoms. The van der Waals surface area contributed by atoms with Crippen LogP contribution in [0.2, 0.25) is 0 Å². The molecule has 2 aromatic carbocycles. The van der Waals surface area contributed by atoms with Gasteiger partial charge >= 0.3 is 0 Å². The Morgan fingerprint density at radius 3 is 2.50 bits per heavy atom. The minimum absolute atomic E-state index is 0.657. The first-order valence-corrected chi connectivity index (χ1v) is 9.04. The maximum absolute atomic E-state index is 5.50. The number of nitrogens with one attached hydrogen (secondary N) is 1. The second-order valence-corrected chi connectivity index (χ2v) is 6.56. The van der Waals surface area contributed by atoms with Crippen molar-refractivity contribution in [3.05, 3.63) is 66.4 Å². The molecule has 0 saturated heterocycles. The van der Waals surface area contributed by atoms with Crippen LogP contribution in [0.1, 0.15) is 6.92 Å². The Balaban J connectivity index is 1.82. The van der Waals surface area contributed by atoms with Crippen LogP contribution in [0.3, 0.4) is 0 Å². The molecule has 0 fully saturated rings. The summed E-state index contributed by atoms with van der Waals surface area (Å²) in [4.78, 5) is 11.8. The molecular formula is C22H22N4O2. The zero-order valence-electron chi connectivity index (χ0n) is 16.1. The van der Waals surface area contributed by atoms with E-state index in [1.54, 1.807) is 14.2 Å². The average Bonchev–Trinajstić information content (AvgIpc) is 2.73. The van der Waals surface area contributed by atoms with Crippen LogP contribution in [0.5, 0.6) is 11.5 Å². The van der Waals surface area contributed by atoms with Gasteiger partial charge in [0.2, 0.25) is 0 Å².